The van der Waals surface area contributed by atoms with E-state index in [9.17, 15) is 18.4 Å². The number of imidazole rings is 1. The van der Waals surface area contributed by atoms with E-state index in [1.807, 2.05) is 25.3 Å². The lowest BCUT2D eigenvalue weighted by Gasteiger charge is -2.40. The van der Waals surface area contributed by atoms with Gasteiger partial charge in [0.25, 0.3) is 0 Å². The Balaban J connectivity index is 2.19. The molecule has 2 amide bonds. The van der Waals surface area contributed by atoms with E-state index in [0.29, 0.717) is 22.6 Å². The first-order chi connectivity index (χ1) is 17.0. The third-order valence-corrected chi connectivity index (χ3v) is 5.73. The predicted octanol–water partition coefficient (Wildman–Crippen LogP) is 4.31. The van der Waals surface area contributed by atoms with Gasteiger partial charge in [-0.1, -0.05) is 45.0 Å². The largest absolute Gasteiger partial charge is 0.375 e. The van der Waals surface area contributed by atoms with Gasteiger partial charge >= 0.3 is 0 Å². The molecule has 9 heteroatoms. The normalized spacial score (nSPS) is 12.4. The van der Waals surface area contributed by atoms with Crippen LogP contribution in [0.5, 0.6) is 0 Å². The van der Waals surface area contributed by atoms with Crippen LogP contribution in [0.3, 0.4) is 0 Å². The maximum absolute atomic E-state index is 14.0. The number of nitrogens with two attached hydrogens (primary N) is 1. The van der Waals surface area contributed by atoms with Crippen LogP contribution in [-0.2, 0) is 20.9 Å². The average Bonchev–Trinajstić information content (AvgIpc) is 3.18. The van der Waals surface area contributed by atoms with Crippen molar-refractivity contribution in [2.24, 2.45) is 11.1 Å². The van der Waals surface area contributed by atoms with Crippen molar-refractivity contribution in [1.82, 2.24) is 14.5 Å². The quantitative estimate of drug-likeness (QED) is 0.451. The highest BCUT2D eigenvalue weighted by Crippen LogP contribution is 2.39. The number of carbonyl (C=O) groups is 2. The Morgan fingerprint density at radius 3 is 2.36 bits per heavy atom. The first-order valence-corrected chi connectivity index (χ1v) is 11.6. The van der Waals surface area contributed by atoms with Crippen molar-refractivity contribution < 1.29 is 23.1 Å². The Hall–Kier alpha value is -3.59. The van der Waals surface area contributed by atoms with E-state index in [1.165, 1.54) is 31.4 Å². The Bertz CT molecular complexity index is 1220. The summed E-state index contributed by atoms with van der Waals surface area (Å²) in [7, 11) is 1.42. The van der Waals surface area contributed by atoms with Crippen molar-refractivity contribution in [1.29, 1.82) is 0 Å². The van der Waals surface area contributed by atoms with Crippen LogP contribution in [0.15, 0.2) is 54.7 Å². The zero-order chi connectivity index (χ0) is 26.5. The molecule has 0 fully saturated rings. The fourth-order valence-corrected chi connectivity index (χ4v) is 4.22. The van der Waals surface area contributed by atoms with E-state index in [1.54, 1.807) is 35.4 Å². The molecule has 0 spiro atoms. The summed E-state index contributed by atoms with van der Waals surface area (Å²) in [4.78, 5) is 31.2. The Morgan fingerprint density at radius 1 is 1.11 bits per heavy atom. The molecule has 0 aliphatic rings. The van der Waals surface area contributed by atoms with Gasteiger partial charge in [0.1, 0.15) is 24.1 Å². The van der Waals surface area contributed by atoms with Crippen molar-refractivity contribution in [3.05, 3.63) is 77.8 Å². The van der Waals surface area contributed by atoms with Crippen LogP contribution in [0.1, 0.15) is 44.6 Å². The minimum Gasteiger partial charge on any atom is -0.375 e. The summed E-state index contributed by atoms with van der Waals surface area (Å²) in [5.41, 5.74) is 6.63. The average molecular weight is 499 g/mol. The molecule has 0 saturated heterocycles. The third kappa shape index (κ3) is 6.75. The Morgan fingerprint density at radius 2 is 1.78 bits per heavy atom. The van der Waals surface area contributed by atoms with Crippen molar-refractivity contribution in [2.45, 2.75) is 39.8 Å². The Labute approximate surface area is 209 Å². The lowest BCUT2D eigenvalue weighted by atomic mass is 9.84. The van der Waals surface area contributed by atoms with Crippen LogP contribution in [0.4, 0.5) is 8.78 Å². The van der Waals surface area contributed by atoms with Gasteiger partial charge in [0, 0.05) is 38.4 Å². The molecule has 0 bridgehead atoms. The number of hydrogen-bond acceptors (Lipinski definition) is 4. The predicted molar refractivity (Wildman–Crippen MR) is 133 cm³/mol. The first kappa shape index (κ1) is 27.0. The summed E-state index contributed by atoms with van der Waals surface area (Å²) < 4.78 is 34.9. The van der Waals surface area contributed by atoms with Crippen LogP contribution < -0.4 is 5.73 Å². The molecule has 7 nitrogen and oxygen atoms in total. The van der Waals surface area contributed by atoms with Gasteiger partial charge in [-0.15, -0.1) is 0 Å². The summed E-state index contributed by atoms with van der Waals surface area (Å²) in [5, 5.41) is 0. The van der Waals surface area contributed by atoms with Crippen LogP contribution >= 0.6 is 0 Å². The second kappa shape index (κ2) is 11.4. The smallest absolute Gasteiger partial charge is 0.249 e. The molecule has 0 aliphatic carbocycles. The zero-order valence-electron chi connectivity index (χ0n) is 21.0. The summed E-state index contributed by atoms with van der Waals surface area (Å²) in [6.45, 7) is 6.02. The highest BCUT2D eigenvalue weighted by molar-refractivity contribution is 5.79. The van der Waals surface area contributed by atoms with E-state index < -0.39 is 23.2 Å². The molecular formula is C27H32F2N4O3. The number of halogens is 2. The Kier molecular flexibility index (Phi) is 8.57. The first-order valence-electron chi connectivity index (χ1n) is 11.6. The molecule has 192 valence electrons. The highest BCUT2D eigenvalue weighted by Gasteiger charge is 2.38. The zero-order valence-corrected chi connectivity index (χ0v) is 21.0. The van der Waals surface area contributed by atoms with E-state index in [2.05, 4.69) is 0 Å². The monoisotopic (exact) mass is 498 g/mol. The minimum absolute atomic E-state index is 0.0383. The number of methoxy groups -OCH3 is 1. The molecule has 36 heavy (non-hydrogen) atoms. The molecule has 2 N–H and O–H groups in total. The molecule has 1 atom stereocenters. The number of carbonyl (C=O) groups excluding carboxylic acids is 2. The summed E-state index contributed by atoms with van der Waals surface area (Å²) in [6.07, 6.45) is 1.73. The van der Waals surface area contributed by atoms with Crippen molar-refractivity contribution in [2.75, 3.05) is 20.3 Å². The maximum atomic E-state index is 14.0. The SMILES string of the molecule is COCC(=O)N(CCC(N)=O)C(c1nc(-c2cccc(F)c2)cn1Cc1cccc(F)c1)C(C)(C)C. The molecule has 1 heterocycles. The molecule has 1 unspecified atom stereocenters. The van der Waals surface area contributed by atoms with E-state index in [4.69, 9.17) is 15.5 Å². The number of rotatable bonds is 10. The highest BCUT2D eigenvalue weighted by atomic mass is 19.1. The van der Waals surface area contributed by atoms with Crippen molar-refractivity contribution >= 4 is 11.8 Å². The molecule has 0 aliphatic heterocycles. The lowest BCUT2D eigenvalue weighted by molar-refractivity contribution is -0.141. The van der Waals surface area contributed by atoms with E-state index in [0.717, 1.165) is 0 Å². The van der Waals surface area contributed by atoms with E-state index >= 15 is 0 Å². The van der Waals surface area contributed by atoms with Gasteiger partial charge in [-0.25, -0.2) is 13.8 Å². The van der Waals surface area contributed by atoms with Gasteiger partial charge in [0.15, 0.2) is 0 Å². The van der Waals surface area contributed by atoms with Crippen LogP contribution in [0.25, 0.3) is 11.3 Å². The molecule has 0 radical (unpaired) electrons. The lowest BCUT2D eigenvalue weighted by Crippen LogP contribution is -2.45. The fraction of sp³-hybridized carbons (Fsp3) is 0.370. The van der Waals surface area contributed by atoms with Gasteiger partial charge in [0.05, 0.1) is 11.7 Å². The van der Waals surface area contributed by atoms with Gasteiger partial charge in [-0.05, 0) is 35.2 Å². The number of nitrogens with zero attached hydrogens (tertiary/aromatic N) is 3. The fourth-order valence-electron chi connectivity index (χ4n) is 4.22. The number of primary amides is 1. The van der Waals surface area contributed by atoms with Crippen molar-refractivity contribution in [3.8, 4) is 11.3 Å². The summed E-state index contributed by atoms with van der Waals surface area (Å²) >= 11 is 0. The van der Waals surface area contributed by atoms with Gasteiger partial charge < -0.3 is 19.9 Å². The number of ether oxygens (including phenoxy) is 1. The van der Waals surface area contributed by atoms with Gasteiger partial charge in [-0.3, -0.25) is 9.59 Å². The van der Waals surface area contributed by atoms with Gasteiger partial charge in [0.2, 0.25) is 11.8 Å². The summed E-state index contributed by atoms with van der Waals surface area (Å²) in [6, 6.07) is 11.7. The number of hydrogen-bond donors (Lipinski definition) is 1. The molecule has 1 aromatic heterocycles. The standard InChI is InChI=1S/C27H32F2N4O3/c1-27(2,3)25(33(12-11-23(30)34)24(35)17-36-4)26-31-22(19-8-6-10-21(29)14-19)16-32(26)15-18-7-5-9-20(28)13-18/h5-10,13-14,16,25H,11-12,15,17H2,1-4H3,(H2,30,34). The van der Waals surface area contributed by atoms with Crippen LogP contribution in [0.2, 0.25) is 0 Å². The molecule has 3 aromatic rings. The molecule has 0 saturated carbocycles. The molecule has 3 rings (SSSR count). The maximum Gasteiger partial charge on any atom is 0.249 e. The molecule has 2 aromatic carbocycles. The second-order valence-electron chi connectivity index (χ2n) is 9.76. The number of amides is 2. The second-order valence-corrected chi connectivity index (χ2v) is 9.76. The third-order valence-electron chi connectivity index (χ3n) is 5.73. The van der Waals surface area contributed by atoms with Crippen molar-refractivity contribution in [3.63, 3.8) is 0 Å². The molecular weight excluding hydrogens is 466 g/mol. The topological polar surface area (TPSA) is 90.4 Å². The summed E-state index contributed by atoms with van der Waals surface area (Å²) in [5.74, 6) is -1.13. The van der Waals surface area contributed by atoms with Crippen LogP contribution in [0, 0.1) is 17.0 Å². The number of aromatic nitrogens is 2. The van der Waals surface area contributed by atoms with Gasteiger partial charge in [-0.2, -0.15) is 0 Å². The van der Waals surface area contributed by atoms with E-state index in [-0.39, 0.29) is 37.8 Å². The number of benzene rings is 2. The van der Waals surface area contributed by atoms with Crippen LogP contribution in [-0.4, -0.2) is 46.5 Å². The minimum atomic E-state index is -0.602.